The lowest BCUT2D eigenvalue weighted by atomic mass is 9.76. The molecule has 29 heavy (non-hydrogen) atoms. The second-order valence-electron chi connectivity index (χ2n) is 9.48. The monoisotopic (exact) mass is 427 g/mol. The SMILES string of the molecule is Cc1cc(B2OC(C)(C)C(C)(C)O2)cc([C@H](CC(=O)O)N[S+]([O-])C(C)(C)C)c1F. The Hall–Kier alpha value is -1.13. The van der Waals surface area contributed by atoms with E-state index < -0.39 is 58.7 Å². The Labute approximate surface area is 176 Å². The van der Waals surface area contributed by atoms with E-state index in [-0.39, 0.29) is 5.56 Å². The summed E-state index contributed by atoms with van der Waals surface area (Å²) in [7, 11) is -0.711. The fourth-order valence-corrected chi connectivity index (χ4v) is 3.71. The molecule has 6 nitrogen and oxygen atoms in total. The van der Waals surface area contributed by atoms with Gasteiger partial charge in [-0.15, -0.1) is 4.72 Å². The van der Waals surface area contributed by atoms with E-state index in [1.54, 1.807) is 39.8 Å². The molecule has 2 rings (SSSR count). The summed E-state index contributed by atoms with van der Waals surface area (Å²) in [6.45, 7) is 14.6. The number of aryl methyl sites for hydroxylation is 1. The Balaban J connectivity index is 2.46. The van der Waals surface area contributed by atoms with E-state index in [2.05, 4.69) is 4.72 Å². The molecule has 0 amide bonds. The van der Waals surface area contributed by atoms with Crippen LogP contribution in [-0.2, 0) is 25.5 Å². The molecule has 0 aromatic heterocycles. The van der Waals surface area contributed by atoms with Gasteiger partial charge < -0.3 is 19.0 Å². The van der Waals surface area contributed by atoms with E-state index >= 15 is 4.39 Å². The predicted molar refractivity (Wildman–Crippen MR) is 113 cm³/mol. The molecule has 0 saturated carbocycles. The van der Waals surface area contributed by atoms with Gasteiger partial charge in [0.15, 0.2) is 0 Å². The molecule has 1 saturated heterocycles. The second kappa shape index (κ2) is 8.19. The summed E-state index contributed by atoms with van der Waals surface area (Å²) in [6, 6.07) is 2.22. The number of hydrogen-bond acceptors (Lipinski definition) is 5. The van der Waals surface area contributed by atoms with Crippen LogP contribution in [-0.4, -0.2) is 38.7 Å². The normalized spacial score (nSPS) is 20.6. The van der Waals surface area contributed by atoms with Crippen LogP contribution in [0.2, 0.25) is 0 Å². The molecule has 9 heteroatoms. The Kier molecular flexibility index (Phi) is 6.82. The number of benzene rings is 1. The minimum atomic E-state index is -1.58. The number of rotatable bonds is 6. The summed E-state index contributed by atoms with van der Waals surface area (Å²) in [5.74, 6) is -1.65. The van der Waals surface area contributed by atoms with Gasteiger partial charge in [-0.2, -0.15) is 0 Å². The van der Waals surface area contributed by atoms with Crippen molar-refractivity contribution >= 4 is 29.9 Å². The van der Waals surface area contributed by atoms with E-state index in [9.17, 15) is 14.5 Å². The minimum Gasteiger partial charge on any atom is -0.598 e. The largest absolute Gasteiger partial charge is 0.598 e. The smallest absolute Gasteiger partial charge is 0.494 e. The van der Waals surface area contributed by atoms with Crippen LogP contribution in [0.1, 0.15) is 72.1 Å². The first kappa shape index (κ1) is 24.1. The molecule has 162 valence electrons. The second-order valence-corrected chi connectivity index (χ2v) is 11.5. The first-order valence-electron chi connectivity index (χ1n) is 9.60. The maximum Gasteiger partial charge on any atom is 0.494 e. The topological polar surface area (TPSA) is 90.9 Å². The quantitative estimate of drug-likeness (QED) is 0.536. The summed E-state index contributed by atoms with van der Waals surface area (Å²) in [5.41, 5.74) is -0.0593. The fraction of sp³-hybridized carbons (Fsp3) is 0.650. The molecule has 0 spiro atoms. The maximum atomic E-state index is 15.0. The Bertz CT molecular complexity index is 765. The molecular weight excluding hydrogens is 396 g/mol. The van der Waals surface area contributed by atoms with Crippen LogP contribution in [0.3, 0.4) is 0 Å². The Morgan fingerprint density at radius 1 is 1.28 bits per heavy atom. The van der Waals surface area contributed by atoms with Gasteiger partial charge in [-0.25, -0.2) is 4.39 Å². The highest BCUT2D eigenvalue weighted by Gasteiger charge is 2.52. The molecule has 2 atom stereocenters. The highest BCUT2D eigenvalue weighted by atomic mass is 32.2. The number of carboxylic acids is 1. The highest BCUT2D eigenvalue weighted by Crippen LogP contribution is 2.37. The van der Waals surface area contributed by atoms with Gasteiger partial charge in [0.25, 0.3) is 0 Å². The number of aliphatic carboxylic acids is 1. The third-order valence-electron chi connectivity index (χ3n) is 5.39. The highest BCUT2D eigenvalue weighted by molar-refractivity contribution is 7.90. The summed E-state index contributed by atoms with van der Waals surface area (Å²) in [6.07, 6.45) is -0.412. The van der Waals surface area contributed by atoms with Crippen LogP contribution in [0.15, 0.2) is 12.1 Å². The number of carbonyl (C=O) groups is 1. The average Bonchev–Trinajstić information content (AvgIpc) is 2.75. The zero-order chi connectivity index (χ0) is 22.4. The molecule has 0 radical (unpaired) electrons. The van der Waals surface area contributed by atoms with Crippen molar-refractivity contribution in [2.24, 2.45) is 0 Å². The van der Waals surface area contributed by atoms with Gasteiger partial charge in [0.2, 0.25) is 0 Å². The van der Waals surface area contributed by atoms with Gasteiger partial charge >= 0.3 is 13.1 Å². The standard InChI is InChI=1S/C20H31BFNO5S/c1-12-9-13(21-27-19(5,6)20(7,8)28-21)10-14(17(12)22)15(11-16(24)25)23-29(26)18(2,3)4/h9-10,15,23H,11H2,1-8H3,(H,24,25)/t15-,29?/m0/s1. The average molecular weight is 427 g/mol. The third kappa shape index (κ3) is 5.33. The fourth-order valence-electron chi connectivity index (χ4n) is 2.89. The number of carboxylic acid groups (broad SMARTS) is 1. The van der Waals surface area contributed by atoms with Crippen LogP contribution in [0, 0.1) is 12.7 Å². The molecule has 0 bridgehead atoms. The lowest BCUT2D eigenvalue weighted by molar-refractivity contribution is -0.137. The molecule has 1 unspecified atom stereocenters. The maximum absolute atomic E-state index is 15.0. The van der Waals surface area contributed by atoms with Crippen molar-refractivity contribution in [3.8, 4) is 0 Å². The van der Waals surface area contributed by atoms with Gasteiger partial charge in [0.1, 0.15) is 10.6 Å². The van der Waals surface area contributed by atoms with Crippen molar-refractivity contribution in [1.82, 2.24) is 4.72 Å². The van der Waals surface area contributed by atoms with Crippen molar-refractivity contribution in [3.63, 3.8) is 0 Å². The van der Waals surface area contributed by atoms with E-state index in [0.717, 1.165) is 0 Å². The lowest BCUT2D eigenvalue weighted by Gasteiger charge is -2.32. The Morgan fingerprint density at radius 2 is 1.79 bits per heavy atom. The van der Waals surface area contributed by atoms with E-state index in [4.69, 9.17) is 9.31 Å². The molecule has 1 heterocycles. The van der Waals surface area contributed by atoms with Gasteiger partial charge in [-0.05, 0) is 66.4 Å². The molecular formula is C20H31BFNO5S. The summed E-state index contributed by atoms with van der Waals surface area (Å²) in [5, 5.41) is 9.33. The molecule has 2 N–H and O–H groups in total. The molecule has 1 fully saturated rings. The lowest BCUT2D eigenvalue weighted by Crippen LogP contribution is -2.42. The molecule has 1 aliphatic heterocycles. The summed E-state index contributed by atoms with van der Waals surface area (Å²) < 4.78 is 41.8. The van der Waals surface area contributed by atoms with Crippen LogP contribution in [0.25, 0.3) is 0 Å². The first-order chi connectivity index (χ1) is 13.0. The molecule has 1 aromatic rings. The van der Waals surface area contributed by atoms with Crippen LogP contribution in [0.4, 0.5) is 4.39 Å². The molecule has 0 aliphatic carbocycles. The predicted octanol–water partition coefficient (Wildman–Crippen LogP) is 3.00. The van der Waals surface area contributed by atoms with Crippen LogP contribution in [0.5, 0.6) is 0 Å². The minimum absolute atomic E-state index is 0.134. The summed E-state index contributed by atoms with van der Waals surface area (Å²) in [4.78, 5) is 11.4. The van der Waals surface area contributed by atoms with Crippen molar-refractivity contribution in [1.29, 1.82) is 0 Å². The van der Waals surface area contributed by atoms with Crippen molar-refractivity contribution in [2.45, 2.75) is 83.8 Å². The number of halogens is 1. The third-order valence-corrected chi connectivity index (χ3v) is 7.00. The van der Waals surface area contributed by atoms with Crippen molar-refractivity contribution in [3.05, 3.63) is 29.1 Å². The van der Waals surface area contributed by atoms with Gasteiger partial charge in [-0.3, -0.25) is 4.79 Å². The van der Waals surface area contributed by atoms with Gasteiger partial charge in [0.05, 0.1) is 23.7 Å². The van der Waals surface area contributed by atoms with Crippen LogP contribution < -0.4 is 10.2 Å². The van der Waals surface area contributed by atoms with Gasteiger partial charge in [-0.1, -0.05) is 12.1 Å². The number of nitrogens with one attached hydrogen (secondary N) is 1. The molecule has 1 aliphatic rings. The van der Waals surface area contributed by atoms with E-state index in [0.29, 0.717) is 11.0 Å². The number of hydrogen-bond donors (Lipinski definition) is 2. The zero-order valence-corrected chi connectivity index (χ0v) is 19.2. The van der Waals surface area contributed by atoms with Crippen molar-refractivity contribution < 1.29 is 28.2 Å². The zero-order valence-electron chi connectivity index (χ0n) is 18.4. The van der Waals surface area contributed by atoms with Gasteiger partial charge in [0, 0.05) is 16.9 Å². The first-order valence-corrected chi connectivity index (χ1v) is 10.8. The van der Waals surface area contributed by atoms with Crippen LogP contribution >= 0.6 is 0 Å². The van der Waals surface area contributed by atoms with E-state index in [1.165, 1.54) is 0 Å². The van der Waals surface area contributed by atoms with Crippen molar-refractivity contribution in [2.75, 3.05) is 0 Å². The summed E-state index contributed by atoms with van der Waals surface area (Å²) >= 11 is -1.58. The van der Waals surface area contributed by atoms with E-state index in [1.807, 2.05) is 27.7 Å². The molecule has 1 aromatic carbocycles. The Morgan fingerprint density at radius 3 is 2.24 bits per heavy atom.